The molecule has 1 amide bonds. The number of nitrogens with one attached hydrogen (secondary N) is 1. The van der Waals surface area contributed by atoms with Gasteiger partial charge in [-0.2, -0.15) is 0 Å². The molecule has 3 heterocycles. The fourth-order valence-electron chi connectivity index (χ4n) is 5.43. The Hall–Kier alpha value is -5.38. The molecule has 0 aliphatic heterocycles. The molecule has 5 aromatic rings. The van der Waals surface area contributed by atoms with E-state index in [4.69, 9.17) is 9.47 Å². The van der Waals surface area contributed by atoms with Gasteiger partial charge in [0.1, 0.15) is 17.2 Å². The van der Waals surface area contributed by atoms with Crippen LogP contribution in [0.15, 0.2) is 77.9 Å². The fourth-order valence-corrected chi connectivity index (χ4v) is 5.43. The van der Waals surface area contributed by atoms with Crippen LogP contribution >= 0.6 is 0 Å². The van der Waals surface area contributed by atoms with Crippen molar-refractivity contribution in [3.63, 3.8) is 0 Å². The topological polar surface area (TPSA) is 112 Å². The Kier molecular flexibility index (Phi) is 7.41. The Morgan fingerprint density at radius 1 is 0.977 bits per heavy atom. The summed E-state index contributed by atoms with van der Waals surface area (Å²) in [6.45, 7) is 0. The first kappa shape index (κ1) is 27.8. The SMILES string of the molecule is COc1cc2nccc(Cc3ccc(NC(=O)c4cc5c(n(-c6cccc(F)c6)c4=O)CCCC5=O)nc3)c2cc1OC. The van der Waals surface area contributed by atoms with Gasteiger partial charge < -0.3 is 14.8 Å². The molecule has 0 fully saturated rings. The predicted octanol–water partition coefficient (Wildman–Crippen LogP) is 5.30. The number of ether oxygens (including phenoxy) is 2. The summed E-state index contributed by atoms with van der Waals surface area (Å²) in [5.74, 6) is 0.0205. The number of rotatable bonds is 7. The van der Waals surface area contributed by atoms with E-state index in [-0.39, 0.29) is 22.9 Å². The third-order valence-corrected chi connectivity index (χ3v) is 7.53. The maximum absolute atomic E-state index is 14.1. The first-order valence-electron chi connectivity index (χ1n) is 13.7. The normalized spacial score (nSPS) is 12.6. The van der Waals surface area contributed by atoms with E-state index < -0.39 is 17.3 Å². The molecule has 216 valence electrons. The van der Waals surface area contributed by atoms with Gasteiger partial charge in [-0.15, -0.1) is 0 Å². The highest BCUT2D eigenvalue weighted by Crippen LogP contribution is 2.33. The third-order valence-electron chi connectivity index (χ3n) is 7.53. The van der Waals surface area contributed by atoms with E-state index in [2.05, 4.69) is 15.3 Å². The van der Waals surface area contributed by atoms with Crippen LogP contribution in [0.2, 0.25) is 0 Å². The van der Waals surface area contributed by atoms with Crippen molar-refractivity contribution in [3.8, 4) is 17.2 Å². The van der Waals surface area contributed by atoms with Crippen LogP contribution in [-0.2, 0) is 12.8 Å². The number of ketones is 1. The van der Waals surface area contributed by atoms with Crippen LogP contribution in [0.4, 0.5) is 10.2 Å². The monoisotopic (exact) mass is 578 g/mol. The van der Waals surface area contributed by atoms with Crippen molar-refractivity contribution in [2.75, 3.05) is 19.5 Å². The molecule has 2 aromatic carbocycles. The molecular formula is C33H27FN4O5. The third kappa shape index (κ3) is 5.34. The van der Waals surface area contributed by atoms with Crippen LogP contribution in [-0.4, -0.2) is 40.4 Å². The van der Waals surface area contributed by atoms with Crippen molar-refractivity contribution < 1.29 is 23.5 Å². The van der Waals surface area contributed by atoms with Crippen molar-refractivity contribution >= 4 is 28.4 Å². The van der Waals surface area contributed by atoms with Crippen LogP contribution in [0.3, 0.4) is 0 Å². The van der Waals surface area contributed by atoms with Gasteiger partial charge in [-0.1, -0.05) is 12.1 Å². The molecule has 1 aliphatic rings. The number of anilines is 1. The molecule has 0 unspecified atom stereocenters. The zero-order valence-electron chi connectivity index (χ0n) is 23.5. The summed E-state index contributed by atoms with van der Waals surface area (Å²) in [7, 11) is 3.15. The second-order valence-electron chi connectivity index (χ2n) is 10.2. The number of carbonyl (C=O) groups excluding carboxylic acids is 2. The summed E-state index contributed by atoms with van der Waals surface area (Å²) in [4.78, 5) is 48.5. The van der Waals surface area contributed by atoms with Crippen LogP contribution in [0, 0.1) is 5.82 Å². The summed E-state index contributed by atoms with van der Waals surface area (Å²) in [5.41, 5.74) is 2.82. The summed E-state index contributed by atoms with van der Waals surface area (Å²) in [5, 5.41) is 3.58. The number of benzene rings is 2. The average Bonchev–Trinajstić information content (AvgIpc) is 3.01. The molecule has 0 saturated heterocycles. The smallest absolute Gasteiger partial charge is 0.268 e. The van der Waals surface area contributed by atoms with E-state index in [0.717, 1.165) is 22.0 Å². The predicted molar refractivity (Wildman–Crippen MR) is 159 cm³/mol. The van der Waals surface area contributed by atoms with Crippen molar-refractivity contribution in [2.24, 2.45) is 0 Å². The molecule has 0 bridgehead atoms. The minimum Gasteiger partial charge on any atom is -0.493 e. The Morgan fingerprint density at radius 3 is 2.53 bits per heavy atom. The van der Waals surface area contributed by atoms with Gasteiger partial charge in [0, 0.05) is 41.5 Å². The minimum absolute atomic E-state index is 0.164. The van der Waals surface area contributed by atoms with Crippen molar-refractivity contribution in [2.45, 2.75) is 25.7 Å². The van der Waals surface area contributed by atoms with Gasteiger partial charge in [-0.3, -0.25) is 23.9 Å². The number of methoxy groups -OCH3 is 2. The second-order valence-corrected chi connectivity index (χ2v) is 10.2. The number of hydrogen-bond acceptors (Lipinski definition) is 7. The second kappa shape index (κ2) is 11.5. The molecule has 43 heavy (non-hydrogen) atoms. The maximum Gasteiger partial charge on any atom is 0.268 e. The summed E-state index contributed by atoms with van der Waals surface area (Å²) in [6, 6.07) is 16.0. The van der Waals surface area contributed by atoms with Crippen molar-refractivity contribution in [1.29, 1.82) is 0 Å². The Balaban J connectivity index is 1.28. The van der Waals surface area contributed by atoms with Gasteiger partial charge >= 0.3 is 0 Å². The summed E-state index contributed by atoms with van der Waals surface area (Å²) in [6.07, 6.45) is 5.26. The highest BCUT2D eigenvalue weighted by atomic mass is 19.1. The molecule has 0 radical (unpaired) electrons. The lowest BCUT2D eigenvalue weighted by atomic mass is 9.92. The zero-order valence-corrected chi connectivity index (χ0v) is 23.5. The van der Waals surface area contributed by atoms with Gasteiger partial charge in [0.2, 0.25) is 0 Å². The van der Waals surface area contributed by atoms with E-state index in [1.807, 2.05) is 24.3 Å². The Morgan fingerprint density at radius 2 is 1.79 bits per heavy atom. The molecule has 1 aliphatic carbocycles. The number of fused-ring (bicyclic) bond motifs is 2. The molecule has 0 atom stereocenters. The minimum atomic E-state index is -0.710. The van der Waals surface area contributed by atoms with Gasteiger partial charge in [-0.25, -0.2) is 9.37 Å². The standard InChI is InChI=1S/C33H27FN4O5/c1-42-29-16-23-20(11-12-35-26(23)17-30(29)43-2)13-19-9-10-31(36-18-19)37-32(40)25-15-24-27(7-4-8-28(24)39)38(33(25)41)22-6-3-5-21(34)14-22/h3,5-6,9-12,14-18H,4,7-8,13H2,1-2H3,(H,36,37,40). The van der Waals surface area contributed by atoms with E-state index in [1.54, 1.807) is 38.7 Å². The maximum atomic E-state index is 14.1. The van der Waals surface area contributed by atoms with Gasteiger partial charge in [0.15, 0.2) is 17.3 Å². The van der Waals surface area contributed by atoms with E-state index >= 15 is 0 Å². The number of Topliss-reactive ketones (excluding diaryl/α,β-unsaturated/α-hetero) is 1. The molecule has 0 spiro atoms. The molecule has 9 nitrogen and oxygen atoms in total. The molecule has 1 N–H and O–H groups in total. The van der Waals surface area contributed by atoms with Crippen molar-refractivity contribution in [1.82, 2.24) is 14.5 Å². The van der Waals surface area contributed by atoms with Crippen LogP contribution in [0.25, 0.3) is 16.6 Å². The van der Waals surface area contributed by atoms with Crippen molar-refractivity contribution in [3.05, 3.63) is 117 Å². The number of pyridine rings is 3. The fraction of sp³-hybridized carbons (Fsp3) is 0.182. The highest BCUT2D eigenvalue weighted by molar-refractivity contribution is 6.06. The molecule has 6 rings (SSSR count). The molecular weight excluding hydrogens is 551 g/mol. The lowest BCUT2D eigenvalue weighted by molar-refractivity contribution is 0.0971. The lowest BCUT2D eigenvalue weighted by Gasteiger charge is -2.21. The zero-order chi connectivity index (χ0) is 30.1. The van der Waals surface area contributed by atoms with Gasteiger partial charge in [0.05, 0.1) is 25.4 Å². The number of halogens is 1. The molecule has 0 saturated carbocycles. The van der Waals surface area contributed by atoms with Gasteiger partial charge in [-0.05, 0) is 72.9 Å². The van der Waals surface area contributed by atoms with Gasteiger partial charge in [0.25, 0.3) is 11.5 Å². The number of hydrogen-bond donors (Lipinski definition) is 1. The molecule has 10 heteroatoms. The first-order valence-corrected chi connectivity index (χ1v) is 13.7. The molecule has 3 aromatic heterocycles. The highest BCUT2D eigenvalue weighted by Gasteiger charge is 2.26. The quantitative estimate of drug-likeness (QED) is 0.279. The average molecular weight is 579 g/mol. The number of carbonyl (C=O) groups is 2. The summed E-state index contributed by atoms with van der Waals surface area (Å²) < 4.78 is 26.2. The number of amides is 1. The lowest BCUT2D eigenvalue weighted by Crippen LogP contribution is -2.33. The van der Waals surface area contributed by atoms with Crippen LogP contribution < -0.4 is 20.3 Å². The first-order chi connectivity index (χ1) is 20.9. The Bertz CT molecular complexity index is 1950. The summed E-state index contributed by atoms with van der Waals surface area (Å²) >= 11 is 0. The van der Waals surface area contributed by atoms with Crippen LogP contribution in [0.5, 0.6) is 11.5 Å². The van der Waals surface area contributed by atoms with E-state index in [1.165, 1.54) is 28.8 Å². The van der Waals surface area contributed by atoms with Crippen LogP contribution in [0.1, 0.15) is 50.4 Å². The number of aromatic nitrogens is 3. The van der Waals surface area contributed by atoms with E-state index in [9.17, 15) is 18.8 Å². The Labute approximate surface area is 245 Å². The number of nitrogens with zero attached hydrogens (tertiary/aromatic N) is 3. The largest absolute Gasteiger partial charge is 0.493 e. The van der Waals surface area contributed by atoms with E-state index in [0.29, 0.717) is 48.4 Å².